The van der Waals surface area contributed by atoms with Crippen molar-refractivity contribution < 1.29 is 9.90 Å². The fourth-order valence-corrected chi connectivity index (χ4v) is 3.30. The second-order valence-corrected chi connectivity index (χ2v) is 6.48. The number of aryl methyl sites for hydroxylation is 1. The molecule has 24 heavy (non-hydrogen) atoms. The van der Waals surface area contributed by atoms with Crippen molar-refractivity contribution in [3.05, 3.63) is 47.5 Å². The Morgan fingerprint density at radius 1 is 1.42 bits per heavy atom. The molecule has 0 spiro atoms. The Morgan fingerprint density at radius 3 is 2.71 bits per heavy atom. The first-order valence-corrected chi connectivity index (χ1v) is 8.48. The molecule has 0 saturated heterocycles. The van der Waals surface area contributed by atoms with Gasteiger partial charge in [-0.2, -0.15) is 5.10 Å². The second kappa shape index (κ2) is 7.13. The fraction of sp³-hybridized carbons (Fsp3) is 0.500. The molecule has 0 radical (unpaired) electrons. The van der Waals surface area contributed by atoms with Crippen molar-refractivity contribution in [1.82, 2.24) is 20.1 Å². The summed E-state index contributed by atoms with van der Waals surface area (Å²) in [6, 6.07) is 3.94. The average Bonchev–Trinajstić information content (AvgIpc) is 2.93. The summed E-state index contributed by atoms with van der Waals surface area (Å²) >= 11 is 0. The molecule has 0 aromatic carbocycles. The number of nitrogens with one attached hydrogen (secondary N) is 1. The van der Waals surface area contributed by atoms with Crippen molar-refractivity contribution in [1.29, 1.82) is 0 Å². The second-order valence-electron chi connectivity index (χ2n) is 6.48. The quantitative estimate of drug-likeness (QED) is 0.846. The van der Waals surface area contributed by atoms with E-state index >= 15 is 0 Å². The zero-order chi connectivity index (χ0) is 17.1. The molecule has 2 N–H and O–H groups in total. The minimum atomic E-state index is -0.239. The summed E-state index contributed by atoms with van der Waals surface area (Å²) in [4.78, 5) is 16.7. The zero-order valence-corrected chi connectivity index (χ0v) is 14.1. The van der Waals surface area contributed by atoms with Gasteiger partial charge in [-0.1, -0.05) is 0 Å². The Labute approximate surface area is 141 Å². The number of rotatable bonds is 6. The number of aromatic nitrogens is 3. The van der Waals surface area contributed by atoms with Gasteiger partial charge >= 0.3 is 0 Å². The van der Waals surface area contributed by atoms with E-state index < -0.39 is 0 Å². The van der Waals surface area contributed by atoms with Crippen molar-refractivity contribution >= 4 is 5.91 Å². The molecule has 0 aliphatic heterocycles. The average molecular weight is 328 g/mol. The molecule has 0 unspecified atom stereocenters. The van der Waals surface area contributed by atoms with E-state index in [0.717, 1.165) is 37.1 Å². The minimum Gasteiger partial charge on any atom is -0.393 e. The SMILES string of the molecule is CCn1ncc(C(=O)N[C@@H](Cc2ccncc2)C2CC(O)C2)c1C. The van der Waals surface area contributed by atoms with Crippen molar-refractivity contribution in [2.45, 2.75) is 51.8 Å². The van der Waals surface area contributed by atoms with Crippen molar-refractivity contribution in [3.63, 3.8) is 0 Å². The first-order chi connectivity index (χ1) is 11.6. The van der Waals surface area contributed by atoms with E-state index in [-0.39, 0.29) is 18.1 Å². The van der Waals surface area contributed by atoms with Crippen molar-refractivity contribution in [2.75, 3.05) is 0 Å². The number of pyridine rings is 1. The van der Waals surface area contributed by atoms with Crippen LogP contribution >= 0.6 is 0 Å². The lowest BCUT2D eigenvalue weighted by molar-refractivity contribution is 0.0239. The third-order valence-corrected chi connectivity index (χ3v) is 4.89. The summed E-state index contributed by atoms with van der Waals surface area (Å²) in [6.07, 6.45) is 7.14. The maximum absolute atomic E-state index is 12.7. The molecule has 6 heteroatoms. The number of aliphatic hydroxyl groups is 1. The van der Waals surface area contributed by atoms with Crippen LogP contribution in [-0.2, 0) is 13.0 Å². The molecule has 128 valence electrons. The van der Waals surface area contributed by atoms with Crippen LogP contribution in [-0.4, -0.2) is 37.9 Å². The van der Waals surface area contributed by atoms with E-state index in [1.54, 1.807) is 18.6 Å². The van der Waals surface area contributed by atoms with Crippen LogP contribution in [0.2, 0.25) is 0 Å². The number of nitrogens with zero attached hydrogens (tertiary/aromatic N) is 3. The Bertz CT molecular complexity index is 692. The van der Waals surface area contributed by atoms with Gasteiger partial charge in [0.1, 0.15) is 0 Å². The lowest BCUT2D eigenvalue weighted by atomic mass is 9.75. The van der Waals surface area contributed by atoms with Crippen LogP contribution < -0.4 is 5.32 Å². The number of aliphatic hydroxyl groups excluding tert-OH is 1. The monoisotopic (exact) mass is 328 g/mol. The summed E-state index contributed by atoms with van der Waals surface area (Å²) in [6.45, 7) is 4.66. The molecule has 6 nitrogen and oxygen atoms in total. The smallest absolute Gasteiger partial charge is 0.254 e. The molecule has 1 atom stereocenters. The summed E-state index contributed by atoms with van der Waals surface area (Å²) in [7, 11) is 0. The van der Waals surface area contributed by atoms with Gasteiger partial charge in [-0.25, -0.2) is 0 Å². The van der Waals surface area contributed by atoms with Gasteiger partial charge in [0.2, 0.25) is 0 Å². The van der Waals surface area contributed by atoms with Crippen molar-refractivity contribution in [2.24, 2.45) is 5.92 Å². The maximum atomic E-state index is 12.7. The molecule has 1 aliphatic carbocycles. The highest BCUT2D eigenvalue weighted by atomic mass is 16.3. The molecule has 1 fully saturated rings. The summed E-state index contributed by atoms with van der Waals surface area (Å²) < 4.78 is 1.82. The molecular formula is C18H24N4O2. The van der Waals surface area contributed by atoms with E-state index in [2.05, 4.69) is 15.4 Å². The highest BCUT2D eigenvalue weighted by Gasteiger charge is 2.35. The van der Waals surface area contributed by atoms with Crippen LogP contribution in [0.5, 0.6) is 0 Å². The Hall–Kier alpha value is -2.21. The highest BCUT2D eigenvalue weighted by molar-refractivity contribution is 5.95. The van der Waals surface area contributed by atoms with Gasteiger partial charge < -0.3 is 10.4 Å². The molecule has 0 bridgehead atoms. The predicted octanol–water partition coefficient (Wildman–Crippen LogP) is 1.72. The van der Waals surface area contributed by atoms with E-state index in [4.69, 9.17) is 0 Å². The molecule has 1 saturated carbocycles. The minimum absolute atomic E-state index is 0.00711. The van der Waals surface area contributed by atoms with Gasteiger partial charge in [-0.15, -0.1) is 0 Å². The van der Waals surface area contributed by atoms with Crippen LogP contribution in [0.15, 0.2) is 30.7 Å². The molecule has 2 aromatic heterocycles. The number of amides is 1. The molecular weight excluding hydrogens is 304 g/mol. The Balaban J connectivity index is 1.73. The van der Waals surface area contributed by atoms with Gasteiger partial charge in [-0.3, -0.25) is 14.5 Å². The summed E-state index contributed by atoms with van der Waals surface area (Å²) in [5, 5.41) is 17.0. The van der Waals surface area contributed by atoms with Gasteiger partial charge in [0.25, 0.3) is 5.91 Å². The largest absolute Gasteiger partial charge is 0.393 e. The predicted molar refractivity (Wildman–Crippen MR) is 90.6 cm³/mol. The molecule has 2 aromatic rings. The Kier molecular flexibility index (Phi) is 4.94. The number of carbonyl (C=O) groups excluding carboxylic acids is 1. The van der Waals surface area contributed by atoms with E-state index in [1.165, 1.54) is 0 Å². The van der Waals surface area contributed by atoms with E-state index in [1.807, 2.05) is 30.7 Å². The fourth-order valence-electron chi connectivity index (χ4n) is 3.30. The molecule has 1 aliphatic rings. The maximum Gasteiger partial charge on any atom is 0.254 e. The molecule has 3 rings (SSSR count). The van der Waals surface area contributed by atoms with Crippen LogP contribution in [0.1, 0.15) is 41.4 Å². The third kappa shape index (κ3) is 3.48. The lowest BCUT2D eigenvalue weighted by Gasteiger charge is -2.38. The summed E-state index contributed by atoms with van der Waals surface area (Å²) in [5.74, 6) is 0.214. The zero-order valence-electron chi connectivity index (χ0n) is 14.1. The molecule has 2 heterocycles. The van der Waals surface area contributed by atoms with Crippen LogP contribution in [0.4, 0.5) is 0 Å². The molecule has 1 amide bonds. The Morgan fingerprint density at radius 2 is 2.12 bits per heavy atom. The normalized spacial score (nSPS) is 21.1. The highest BCUT2D eigenvalue weighted by Crippen LogP contribution is 2.32. The number of hydrogen-bond donors (Lipinski definition) is 2. The first-order valence-electron chi connectivity index (χ1n) is 8.48. The number of carbonyl (C=O) groups is 1. The topological polar surface area (TPSA) is 80.0 Å². The summed E-state index contributed by atoms with van der Waals surface area (Å²) in [5.41, 5.74) is 2.64. The van der Waals surface area contributed by atoms with Crippen LogP contribution in [0.3, 0.4) is 0 Å². The van der Waals surface area contributed by atoms with Crippen molar-refractivity contribution in [3.8, 4) is 0 Å². The standard InChI is InChI=1S/C18H24N4O2/c1-3-22-12(2)16(11-20-22)18(24)21-17(14-9-15(23)10-14)8-13-4-6-19-7-5-13/h4-7,11,14-15,17,23H,3,8-10H2,1-2H3,(H,21,24)/t14?,15?,17-/m0/s1. The van der Waals surface area contributed by atoms with Gasteiger partial charge in [-0.05, 0) is 56.7 Å². The lowest BCUT2D eigenvalue weighted by Crippen LogP contribution is -2.48. The third-order valence-electron chi connectivity index (χ3n) is 4.89. The van der Waals surface area contributed by atoms with E-state index in [0.29, 0.717) is 11.5 Å². The van der Waals surface area contributed by atoms with Gasteiger partial charge in [0.05, 0.1) is 17.9 Å². The van der Waals surface area contributed by atoms with Gasteiger partial charge in [0.15, 0.2) is 0 Å². The number of hydrogen-bond acceptors (Lipinski definition) is 4. The first kappa shape index (κ1) is 16.6. The van der Waals surface area contributed by atoms with Crippen LogP contribution in [0, 0.1) is 12.8 Å². The van der Waals surface area contributed by atoms with Crippen LogP contribution in [0.25, 0.3) is 0 Å². The van der Waals surface area contributed by atoms with E-state index in [9.17, 15) is 9.90 Å². The van der Waals surface area contributed by atoms with Gasteiger partial charge in [0, 0.05) is 30.7 Å².